The summed E-state index contributed by atoms with van der Waals surface area (Å²) in [7, 11) is 1.75. The molecule has 4 heteroatoms. The molecular formula is C17H27BrN2O. The van der Waals surface area contributed by atoms with Gasteiger partial charge in [0.25, 0.3) is 0 Å². The van der Waals surface area contributed by atoms with Crippen molar-refractivity contribution in [1.29, 1.82) is 0 Å². The molecule has 0 saturated carbocycles. The summed E-state index contributed by atoms with van der Waals surface area (Å²) < 4.78 is 6.69. The fraction of sp³-hybridized carbons (Fsp3) is 0.647. The van der Waals surface area contributed by atoms with E-state index in [1.807, 2.05) is 12.1 Å². The highest BCUT2D eigenvalue weighted by molar-refractivity contribution is 9.10. The Kier molecular flexibility index (Phi) is 5.94. The zero-order valence-electron chi connectivity index (χ0n) is 13.5. The van der Waals surface area contributed by atoms with Crippen LogP contribution in [0.15, 0.2) is 22.7 Å². The van der Waals surface area contributed by atoms with Crippen LogP contribution in [0.1, 0.15) is 33.6 Å². The normalized spacial score (nSPS) is 24.0. The zero-order chi connectivity index (χ0) is 15.4. The topological polar surface area (TPSA) is 24.5 Å². The molecule has 0 bridgehead atoms. The molecule has 0 radical (unpaired) electrons. The lowest BCUT2D eigenvalue weighted by atomic mass is 9.94. The van der Waals surface area contributed by atoms with Gasteiger partial charge in [-0.3, -0.25) is 0 Å². The number of hydrogen-bond donors (Lipinski definition) is 1. The fourth-order valence-corrected chi connectivity index (χ4v) is 3.39. The average Bonchev–Trinajstić information content (AvgIpc) is 2.53. The third kappa shape index (κ3) is 3.72. The molecule has 0 spiro atoms. The molecule has 1 aromatic carbocycles. The Morgan fingerprint density at radius 3 is 2.81 bits per heavy atom. The molecule has 1 aliphatic heterocycles. The molecule has 1 fully saturated rings. The van der Waals surface area contributed by atoms with Crippen LogP contribution in [0.2, 0.25) is 0 Å². The summed E-state index contributed by atoms with van der Waals surface area (Å²) in [5.74, 6) is 1.64. The lowest BCUT2D eigenvalue weighted by Gasteiger charge is -2.44. The molecule has 118 valence electrons. The van der Waals surface area contributed by atoms with E-state index in [-0.39, 0.29) is 0 Å². The first-order valence-electron chi connectivity index (χ1n) is 7.94. The second-order valence-corrected chi connectivity index (χ2v) is 6.85. The molecule has 2 rings (SSSR count). The quantitative estimate of drug-likeness (QED) is 0.862. The van der Waals surface area contributed by atoms with E-state index < -0.39 is 0 Å². The minimum absolute atomic E-state index is 0.522. The molecule has 0 aromatic heterocycles. The first-order chi connectivity index (χ1) is 10.1. The van der Waals surface area contributed by atoms with E-state index in [1.165, 1.54) is 12.1 Å². The predicted octanol–water partition coefficient (Wildman–Crippen LogP) is 4.06. The molecule has 1 heterocycles. The maximum Gasteiger partial charge on any atom is 0.142 e. The highest BCUT2D eigenvalue weighted by Gasteiger charge is 2.30. The van der Waals surface area contributed by atoms with Gasteiger partial charge < -0.3 is 15.0 Å². The number of rotatable bonds is 5. The molecule has 0 aliphatic carbocycles. The molecule has 1 aliphatic rings. The Bertz CT molecular complexity index is 466. The van der Waals surface area contributed by atoms with Gasteiger partial charge in [0.1, 0.15) is 5.75 Å². The van der Waals surface area contributed by atoms with Crippen molar-refractivity contribution in [2.24, 2.45) is 5.92 Å². The van der Waals surface area contributed by atoms with Gasteiger partial charge in [0.15, 0.2) is 0 Å². The monoisotopic (exact) mass is 354 g/mol. The Labute approximate surface area is 137 Å². The van der Waals surface area contributed by atoms with Crippen molar-refractivity contribution in [3.05, 3.63) is 22.7 Å². The van der Waals surface area contributed by atoms with Gasteiger partial charge in [-0.2, -0.15) is 0 Å². The van der Waals surface area contributed by atoms with Gasteiger partial charge in [0.05, 0.1) is 12.8 Å². The van der Waals surface area contributed by atoms with E-state index in [0.29, 0.717) is 18.0 Å². The minimum atomic E-state index is 0.522. The van der Waals surface area contributed by atoms with E-state index in [9.17, 15) is 0 Å². The number of benzene rings is 1. The van der Waals surface area contributed by atoms with Crippen molar-refractivity contribution >= 4 is 21.6 Å². The summed E-state index contributed by atoms with van der Waals surface area (Å²) in [5, 5.41) is 3.73. The molecule has 1 N–H and O–H groups in total. The van der Waals surface area contributed by atoms with Crippen LogP contribution in [0.4, 0.5) is 5.69 Å². The number of hydrogen-bond acceptors (Lipinski definition) is 3. The summed E-state index contributed by atoms with van der Waals surface area (Å²) in [6.45, 7) is 8.94. The summed E-state index contributed by atoms with van der Waals surface area (Å²) >= 11 is 3.59. The standard InChI is InChI=1S/C17H27BrN2O/c1-5-12(3)15-11-20(14(6-2)10-19-15)16-9-13(18)7-8-17(16)21-4/h7-9,12,14-15,19H,5-6,10-11H2,1-4H3. The van der Waals surface area contributed by atoms with E-state index >= 15 is 0 Å². The second kappa shape index (κ2) is 7.50. The van der Waals surface area contributed by atoms with Crippen LogP contribution in [0.5, 0.6) is 5.75 Å². The van der Waals surface area contributed by atoms with Gasteiger partial charge >= 0.3 is 0 Å². The molecule has 0 amide bonds. The number of anilines is 1. The first-order valence-corrected chi connectivity index (χ1v) is 8.73. The van der Waals surface area contributed by atoms with Crippen molar-refractivity contribution in [3.8, 4) is 5.75 Å². The van der Waals surface area contributed by atoms with Gasteiger partial charge in [-0.05, 0) is 30.5 Å². The third-order valence-electron chi connectivity index (χ3n) is 4.70. The first kappa shape index (κ1) is 16.6. The van der Waals surface area contributed by atoms with Crippen LogP contribution in [0.25, 0.3) is 0 Å². The number of nitrogens with one attached hydrogen (secondary N) is 1. The molecular weight excluding hydrogens is 328 g/mol. The highest BCUT2D eigenvalue weighted by Crippen LogP contribution is 2.34. The maximum atomic E-state index is 5.59. The number of piperazine rings is 1. The number of methoxy groups -OCH3 is 1. The summed E-state index contributed by atoms with van der Waals surface area (Å²) in [5.41, 5.74) is 1.20. The molecule has 1 saturated heterocycles. The Hall–Kier alpha value is -0.740. The van der Waals surface area contributed by atoms with Crippen LogP contribution in [-0.4, -0.2) is 32.3 Å². The fourth-order valence-electron chi connectivity index (χ4n) is 3.04. The Balaban J connectivity index is 2.30. The summed E-state index contributed by atoms with van der Waals surface area (Å²) in [6.07, 6.45) is 2.34. The van der Waals surface area contributed by atoms with Crippen molar-refractivity contribution in [2.45, 2.75) is 45.7 Å². The molecule has 3 atom stereocenters. The van der Waals surface area contributed by atoms with E-state index in [1.54, 1.807) is 7.11 Å². The second-order valence-electron chi connectivity index (χ2n) is 5.93. The van der Waals surface area contributed by atoms with Crippen molar-refractivity contribution in [2.75, 3.05) is 25.1 Å². The molecule has 1 aromatic rings. The van der Waals surface area contributed by atoms with Gasteiger partial charge in [-0.25, -0.2) is 0 Å². The van der Waals surface area contributed by atoms with Crippen LogP contribution in [-0.2, 0) is 0 Å². The lowest BCUT2D eigenvalue weighted by molar-refractivity contribution is 0.303. The van der Waals surface area contributed by atoms with Gasteiger partial charge in [0.2, 0.25) is 0 Å². The van der Waals surface area contributed by atoms with Crippen molar-refractivity contribution in [3.63, 3.8) is 0 Å². The number of ether oxygens (including phenoxy) is 1. The highest BCUT2D eigenvalue weighted by atomic mass is 79.9. The number of nitrogens with zero attached hydrogens (tertiary/aromatic N) is 1. The van der Waals surface area contributed by atoms with Gasteiger partial charge in [-0.15, -0.1) is 0 Å². The lowest BCUT2D eigenvalue weighted by Crippen LogP contribution is -2.58. The summed E-state index contributed by atoms with van der Waals surface area (Å²) in [6, 6.07) is 7.33. The van der Waals surface area contributed by atoms with Crippen LogP contribution < -0.4 is 15.0 Å². The zero-order valence-corrected chi connectivity index (χ0v) is 15.1. The molecule has 3 unspecified atom stereocenters. The Morgan fingerprint density at radius 1 is 1.43 bits per heavy atom. The maximum absolute atomic E-state index is 5.59. The SMILES string of the molecule is CCC(C)C1CN(c2cc(Br)ccc2OC)C(CC)CN1. The van der Waals surface area contributed by atoms with E-state index in [2.05, 4.69) is 53.0 Å². The van der Waals surface area contributed by atoms with Gasteiger partial charge in [-0.1, -0.05) is 43.1 Å². The minimum Gasteiger partial charge on any atom is -0.495 e. The van der Waals surface area contributed by atoms with E-state index in [4.69, 9.17) is 4.74 Å². The van der Waals surface area contributed by atoms with Crippen LogP contribution >= 0.6 is 15.9 Å². The Morgan fingerprint density at radius 2 is 2.19 bits per heavy atom. The average molecular weight is 355 g/mol. The largest absolute Gasteiger partial charge is 0.495 e. The number of halogens is 1. The predicted molar refractivity (Wildman–Crippen MR) is 93.4 cm³/mol. The van der Waals surface area contributed by atoms with E-state index in [0.717, 1.165) is 29.7 Å². The van der Waals surface area contributed by atoms with Gasteiger partial charge in [0, 0.05) is 29.6 Å². The van der Waals surface area contributed by atoms with Crippen LogP contribution in [0.3, 0.4) is 0 Å². The molecule has 3 nitrogen and oxygen atoms in total. The van der Waals surface area contributed by atoms with Crippen molar-refractivity contribution < 1.29 is 4.74 Å². The van der Waals surface area contributed by atoms with Crippen molar-refractivity contribution in [1.82, 2.24) is 5.32 Å². The smallest absolute Gasteiger partial charge is 0.142 e. The summed E-state index contributed by atoms with van der Waals surface area (Å²) in [4.78, 5) is 2.52. The molecule has 21 heavy (non-hydrogen) atoms. The third-order valence-corrected chi connectivity index (χ3v) is 5.20. The van der Waals surface area contributed by atoms with Crippen LogP contribution in [0, 0.1) is 5.92 Å².